The van der Waals surface area contributed by atoms with E-state index in [0.717, 1.165) is 0 Å². The van der Waals surface area contributed by atoms with Gasteiger partial charge in [0.05, 0.1) is 34.0 Å². The number of phenols is 1. The number of nitrogens with zero attached hydrogens (tertiary/aromatic N) is 4. The summed E-state index contributed by atoms with van der Waals surface area (Å²) in [6.07, 6.45) is 0. The first-order chi connectivity index (χ1) is 13.1. The van der Waals surface area contributed by atoms with Crippen LogP contribution < -0.4 is 16.2 Å². The van der Waals surface area contributed by atoms with Gasteiger partial charge in [-0.15, -0.1) is 0 Å². The molecule has 0 aliphatic rings. The van der Waals surface area contributed by atoms with Crippen LogP contribution in [0, 0.1) is 30.3 Å². The van der Waals surface area contributed by atoms with Gasteiger partial charge in [0.15, 0.2) is 5.96 Å². The molecule has 0 atom stereocenters. The Labute approximate surface area is 156 Å². The zero-order chi connectivity index (χ0) is 21.4. The summed E-state index contributed by atoms with van der Waals surface area (Å²) in [7, 11) is 1.57. The number of nitro benzene ring substituents is 3. The van der Waals surface area contributed by atoms with E-state index in [2.05, 4.69) is 4.99 Å². The van der Waals surface area contributed by atoms with Crippen LogP contribution in [0.1, 0.15) is 0 Å². The lowest BCUT2D eigenvalue weighted by Gasteiger charge is -2.02. The Morgan fingerprint density at radius 2 is 1.50 bits per heavy atom. The molecule has 0 radical (unpaired) electrons. The molecule has 0 spiro atoms. The van der Waals surface area contributed by atoms with Crippen molar-refractivity contribution in [2.75, 3.05) is 7.11 Å². The molecule has 0 bridgehead atoms. The number of benzene rings is 2. The van der Waals surface area contributed by atoms with Gasteiger partial charge in [-0.1, -0.05) is 12.1 Å². The third-order valence-corrected chi connectivity index (χ3v) is 2.99. The smallest absolute Gasteiger partial charge is 0.324 e. The average molecular weight is 394 g/mol. The molecule has 0 saturated heterocycles. The molecule has 0 fully saturated rings. The summed E-state index contributed by atoms with van der Waals surface area (Å²) in [5, 5.41) is 40.2. The molecular weight excluding hydrogens is 380 g/mol. The molecule has 14 nitrogen and oxygen atoms in total. The molecule has 14 heteroatoms. The fourth-order valence-electron chi connectivity index (χ4n) is 1.83. The third-order valence-electron chi connectivity index (χ3n) is 2.99. The van der Waals surface area contributed by atoms with E-state index in [4.69, 9.17) is 21.3 Å². The lowest BCUT2D eigenvalue weighted by atomic mass is 10.2. The van der Waals surface area contributed by atoms with Crippen LogP contribution in [0.5, 0.6) is 11.5 Å². The van der Waals surface area contributed by atoms with Crippen LogP contribution in [-0.4, -0.2) is 32.9 Å². The largest absolute Gasteiger partial charge is 0.497 e. The second-order valence-electron chi connectivity index (χ2n) is 4.81. The van der Waals surface area contributed by atoms with Crippen LogP contribution in [0.4, 0.5) is 22.7 Å². The number of para-hydroxylation sites is 2. The van der Waals surface area contributed by atoms with E-state index in [1.165, 1.54) is 0 Å². The molecule has 0 unspecified atom stereocenters. The molecule has 0 heterocycles. The van der Waals surface area contributed by atoms with Crippen LogP contribution in [0.3, 0.4) is 0 Å². The fourth-order valence-corrected chi connectivity index (χ4v) is 1.83. The van der Waals surface area contributed by atoms with E-state index in [0.29, 0.717) is 23.6 Å². The number of guanidine groups is 1. The number of hydrogen-bond donors (Lipinski definition) is 3. The van der Waals surface area contributed by atoms with Crippen LogP contribution >= 0.6 is 0 Å². The van der Waals surface area contributed by atoms with Gasteiger partial charge in [-0.2, -0.15) is 0 Å². The topological polar surface area (TPSA) is 223 Å². The summed E-state index contributed by atoms with van der Waals surface area (Å²) in [5.74, 6) is -0.522. The Morgan fingerprint density at radius 1 is 1.00 bits per heavy atom. The van der Waals surface area contributed by atoms with Crippen LogP contribution in [0.2, 0.25) is 0 Å². The highest BCUT2D eigenvalue weighted by Gasteiger charge is 2.30. The fraction of sp³-hybridized carbons (Fsp3) is 0.0714. The number of phenolic OH excluding ortho intramolecular Hbond substituents is 1. The normalized spacial score (nSPS) is 9.46. The number of aliphatic imine (C=N–C) groups is 1. The molecule has 2 rings (SSSR count). The predicted octanol–water partition coefficient (Wildman–Crippen LogP) is 1.72. The Bertz CT molecular complexity index is 906. The highest BCUT2D eigenvalue weighted by Crippen LogP contribution is 2.38. The number of ether oxygens (including phenoxy) is 1. The van der Waals surface area contributed by atoms with Crippen molar-refractivity contribution < 1.29 is 24.6 Å². The van der Waals surface area contributed by atoms with Gasteiger partial charge in [-0.05, 0) is 12.1 Å². The molecule has 0 aliphatic carbocycles. The van der Waals surface area contributed by atoms with E-state index in [1.54, 1.807) is 19.2 Å². The van der Waals surface area contributed by atoms with Crippen molar-refractivity contribution in [1.82, 2.24) is 0 Å². The molecule has 28 heavy (non-hydrogen) atoms. The first-order valence-corrected chi connectivity index (χ1v) is 7.11. The maximum atomic E-state index is 10.4. The van der Waals surface area contributed by atoms with E-state index >= 15 is 0 Å². The van der Waals surface area contributed by atoms with Crippen molar-refractivity contribution in [3.63, 3.8) is 0 Å². The molecule has 5 N–H and O–H groups in total. The monoisotopic (exact) mass is 394 g/mol. The van der Waals surface area contributed by atoms with Crippen molar-refractivity contribution in [3.8, 4) is 11.5 Å². The summed E-state index contributed by atoms with van der Waals surface area (Å²) in [5.41, 5.74) is 8.08. The summed E-state index contributed by atoms with van der Waals surface area (Å²) in [6, 6.07) is 8.15. The van der Waals surface area contributed by atoms with Crippen LogP contribution in [-0.2, 0) is 0 Å². The maximum absolute atomic E-state index is 10.4. The number of methoxy groups -OCH3 is 1. The summed E-state index contributed by atoms with van der Waals surface area (Å²) >= 11 is 0. The Kier molecular flexibility index (Phi) is 7.14. The molecule has 0 saturated carbocycles. The van der Waals surface area contributed by atoms with Crippen molar-refractivity contribution in [2.45, 2.75) is 0 Å². The van der Waals surface area contributed by atoms with E-state index in [1.807, 2.05) is 12.1 Å². The second kappa shape index (κ2) is 9.27. The van der Waals surface area contributed by atoms with Crippen molar-refractivity contribution in [1.29, 1.82) is 0 Å². The number of rotatable bonds is 5. The summed E-state index contributed by atoms with van der Waals surface area (Å²) in [4.78, 5) is 31.6. The molecule has 0 aliphatic heterocycles. The van der Waals surface area contributed by atoms with Crippen molar-refractivity contribution in [3.05, 3.63) is 66.7 Å². The number of hydrogen-bond acceptors (Lipinski definition) is 9. The minimum Gasteiger partial charge on any atom is -0.497 e. The highest BCUT2D eigenvalue weighted by atomic mass is 16.6. The second-order valence-corrected chi connectivity index (χ2v) is 4.81. The zero-order valence-electron chi connectivity index (χ0n) is 14.2. The van der Waals surface area contributed by atoms with Gasteiger partial charge in [0.25, 0.3) is 11.4 Å². The molecule has 2 aromatic carbocycles. The van der Waals surface area contributed by atoms with Gasteiger partial charge in [-0.25, -0.2) is 4.99 Å². The first kappa shape index (κ1) is 21.6. The molecule has 0 aromatic heterocycles. The lowest BCUT2D eigenvalue weighted by Crippen LogP contribution is -2.21. The summed E-state index contributed by atoms with van der Waals surface area (Å²) < 4.78 is 5.03. The van der Waals surface area contributed by atoms with E-state index in [-0.39, 0.29) is 5.96 Å². The Morgan fingerprint density at radius 3 is 1.89 bits per heavy atom. The standard InChI is InChI=1S/C8H11N3O.C6H3N3O7/c1-12-7-5-3-2-4-6(7)11-8(9)10;10-6-4(8(13)14)1-3(7(11)12)2-5(6)9(15)16/h2-5H,1H3,(H4,9,10,11);1-2,10H. The first-order valence-electron chi connectivity index (χ1n) is 7.11. The van der Waals surface area contributed by atoms with Crippen LogP contribution in [0.15, 0.2) is 41.4 Å². The Balaban J connectivity index is 0.000000292. The van der Waals surface area contributed by atoms with Gasteiger partial charge in [-0.3, -0.25) is 30.3 Å². The third kappa shape index (κ3) is 5.51. The predicted molar refractivity (Wildman–Crippen MR) is 96.5 cm³/mol. The van der Waals surface area contributed by atoms with Gasteiger partial charge in [0, 0.05) is 0 Å². The minimum absolute atomic E-state index is 0.0273. The SMILES string of the molecule is COc1ccccc1N=C(N)N.O=[N+]([O-])c1cc([N+](=O)[O-])c(O)c([N+](=O)[O-])c1. The van der Waals surface area contributed by atoms with Gasteiger partial charge >= 0.3 is 11.4 Å². The number of non-ortho nitro benzene ring substituents is 1. The molecule has 2 aromatic rings. The van der Waals surface area contributed by atoms with Crippen molar-refractivity contribution >= 4 is 28.7 Å². The van der Waals surface area contributed by atoms with Gasteiger partial charge in [0.2, 0.25) is 0 Å². The number of nitro groups is 3. The van der Waals surface area contributed by atoms with Gasteiger partial charge in [0.1, 0.15) is 11.4 Å². The quantitative estimate of drug-likeness (QED) is 0.288. The van der Waals surface area contributed by atoms with E-state index in [9.17, 15) is 30.3 Å². The van der Waals surface area contributed by atoms with Crippen molar-refractivity contribution in [2.24, 2.45) is 16.5 Å². The minimum atomic E-state index is -1.21. The zero-order valence-corrected chi connectivity index (χ0v) is 14.2. The highest BCUT2D eigenvalue weighted by molar-refractivity contribution is 5.80. The number of nitrogens with two attached hydrogens (primary N) is 2. The average Bonchev–Trinajstić information content (AvgIpc) is 2.61. The number of aromatic hydroxyl groups is 1. The molecular formula is C14H14N6O8. The molecule has 0 amide bonds. The summed E-state index contributed by atoms with van der Waals surface area (Å²) in [6.45, 7) is 0. The molecule has 148 valence electrons. The van der Waals surface area contributed by atoms with Crippen LogP contribution in [0.25, 0.3) is 0 Å². The van der Waals surface area contributed by atoms with E-state index < -0.39 is 37.6 Å². The lowest BCUT2D eigenvalue weighted by molar-refractivity contribution is -0.404. The maximum Gasteiger partial charge on any atom is 0.324 e. The van der Waals surface area contributed by atoms with Gasteiger partial charge < -0.3 is 21.3 Å². The Hall–Kier alpha value is -4.49.